The van der Waals surface area contributed by atoms with E-state index < -0.39 is 17.6 Å². The van der Waals surface area contributed by atoms with Gasteiger partial charge in [0.1, 0.15) is 5.82 Å². The van der Waals surface area contributed by atoms with Gasteiger partial charge < -0.3 is 9.55 Å². The van der Waals surface area contributed by atoms with Crippen molar-refractivity contribution in [2.75, 3.05) is 6.54 Å². The van der Waals surface area contributed by atoms with E-state index in [1.807, 2.05) is 24.3 Å². The number of rotatable bonds is 6. The fourth-order valence-electron chi connectivity index (χ4n) is 4.30. The van der Waals surface area contributed by atoms with Gasteiger partial charge in [0.25, 0.3) is 11.8 Å². The molecule has 2 aromatic carbocycles. The van der Waals surface area contributed by atoms with Crippen molar-refractivity contribution in [1.82, 2.24) is 14.9 Å². The Morgan fingerprint density at radius 2 is 1.75 bits per heavy atom. The molecule has 5 rings (SSSR count). The monoisotopic (exact) mass is 444 g/mol. The molecule has 0 radical (unpaired) electrons. The lowest BCUT2D eigenvalue weighted by Gasteiger charge is -2.04. The first kappa shape index (κ1) is 20.1. The number of aromatic nitrogens is 2. The number of H-pyrrole nitrogens is 1. The first-order valence-corrected chi connectivity index (χ1v) is 10.5. The van der Waals surface area contributed by atoms with Crippen LogP contribution in [0.3, 0.4) is 0 Å². The number of nitrogens with one attached hydrogen (secondary N) is 2. The summed E-state index contributed by atoms with van der Waals surface area (Å²) >= 11 is 4.60. The summed E-state index contributed by atoms with van der Waals surface area (Å²) in [6.45, 7) is 0.943. The molecule has 8 heteroatoms. The molecule has 0 bridgehead atoms. The van der Waals surface area contributed by atoms with E-state index in [2.05, 4.69) is 32.7 Å². The second-order valence-corrected chi connectivity index (χ2v) is 7.66. The molecule has 2 aromatic heterocycles. The molecule has 0 unspecified atom stereocenters. The minimum absolute atomic E-state index is 0.242. The number of imide groups is 1. The maximum absolute atomic E-state index is 14.8. The standard InChI is InChI=1S/C24H17FN4O2S/c25-18-7-3-6-15-17(12-29(22(15)18)10-4-9-26-13-32)21-20(23(30)28-24(21)31)16-11-27-19-8-2-1-5-14(16)19/h1-3,5-8,11-12,27H,4,9-10H2,(H,28,30,31). The van der Waals surface area contributed by atoms with E-state index in [-0.39, 0.29) is 11.1 Å². The second-order valence-electron chi connectivity index (χ2n) is 7.48. The van der Waals surface area contributed by atoms with E-state index in [0.29, 0.717) is 41.5 Å². The molecule has 2 N–H and O–H groups in total. The number of isothiocyanates is 1. The molecule has 1 aliphatic rings. The number of aliphatic imine (C=N–C) groups is 1. The maximum Gasteiger partial charge on any atom is 0.259 e. The number of amides is 2. The number of para-hydroxylation sites is 2. The first-order valence-electron chi connectivity index (χ1n) is 10.1. The van der Waals surface area contributed by atoms with E-state index in [0.717, 1.165) is 10.9 Å². The number of benzene rings is 2. The smallest absolute Gasteiger partial charge is 0.259 e. The first-order chi connectivity index (χ1) is 15.6. The van der Waals surface area contributed by atoms with Gasteiger partial charge >= 0.3 is 0 Å². The highest BCUT2D eigenvalue weighted by Gasteiger charge is 2.35. The van der Waals surface area contributed by atoms with Gasteiger partial charge in [0.05, 0.1) is 28.4 Å². The van der Waals surface area contributed by atoms with Crippen molar-refractivity contribution < 1.29 is 14.0 Å². The van der Waals surface area contributed by atoms with Gasteiger partial charge in [0.2, 0.25) is 0 Å². The molecule has 4 aromatic rings. The third-order valence-electron chi connectivity index (χ3n) is 5.64. The van der Waals surface area contributed by atoms with Crippen LogP contribution in [0, 0.1) is 5.82 Å². The highest BCUT2D eigenvalue weighted by atomic mass is 32.1. The van der Waals surface area contributed by atoms with Crippen LogP contribution in [0.2, 0.25) is 0 Å². The number of halogens is 1. The molecule has 3 heterocycles. The number of aromatic amines is 1. The van der Waals surface area contributed by atoms with Gasteiger partial charge in [-0.15, -0.1) is 0 Å². The zero-order valence-corrected chi connectivity index (χ0v) is 17.6. The summed E-state index contributed by atoms with van der Waals surface area (Å²) < 4.78 is 16.6. The lowest BCUT2D eigenvalue weighted by atomic mass is 9.95. The average molecular weight is 444 g/mol. The molecule has 0 atom stereocenters. The van der Waals surface area contributed by atoms with Crippen LogP contribution in [0.15, 0.2) is 59.9 Å². The van der Waals surface area contributed by atoms with Gasteiger partial charge in [0, 0.05) is 46.4 Å². The highest BCUT2D eigenvalue weighted by molar-refractivity contribution is 7.78. The van der Waals surface area contributed by atoms with Gasteiger partial charge in [-0.2, -0.15) is 0 Å². The number of aryl methyl sites for hydroxylation is 1. The third-order valence-corrected chi connectivity index (χ3v) is 5.77. The molecular weight excluding hydrogens is 427 g/mol. The van der Waals surface area contributed by atoms with E-state index >= 15 is 0 Å². The van der Waals surface area contributed by atoms with Crippen molar-refractivity contribution in [3.63, 3.8) is 0 Å². The normalized spacial score (nSPS) is 13.8. The van der Waals surface area contributed by atoms with Crippen molar-refractivity contribution in [3.05, 3.63) is 71.8 Å². The average Bonchev–Trinajstić information content (AvgIpc) is 3.45. The summed E-state index contributed by atoms with van der Waals surface area (Å²) in [7, 11) is 0. The third kappa shape index (κ3) is 3.17. The fraction of sp³-hybridized carbons (Fsp3) is 0.125. The Bertz CT molecular complexity index is 1490. The van der Waals surface area contributed by atoms with Gasteiger partial charge in [-0.25, -0.2) is 9.38 Å². The van der Waals surface area contributed by atoms with Crippen molar-refractivity contribution in [2.24, 2.45) is 4.99 Å². The molecule has 0 spiro atoms. The van der Waals surface area contributed by atoms with Crippen LogP contribution < -0.4 is 5.32 Å². The quantitative estimate of drug-likeness (QED) is 0.201. The molecule has 0 saturated carbocycles. The van der Waals surface area contributed by atoms with Gasteiger partial charge in [-0.05, 0) is 30.8 Å². The van der Waals surface area contributed by atoms with Crippen LogP contribution in [0.5, 0.6) is 0 Å². The Hall–Kier alpha value is -3.87. The van der Waals surface area contributed by atoms with Crippen LogP contribution in [0.25, 0.3) is 33.0 Å². The van der Waals surface area contributed by atoms with Crippen LogP contribution in [-0.2, 0) is 16.1 Å². The Morgan fingerprint density at radius 3 is 2.56 bits per heavy atom. The van der Waals surface area contributed by atoms with Crippen molar-refractivity contribution in [3.8, 4) is 0 Å². The zero-order valence-electron chi connectivity index (χ0n) is 16.8. The zero-order chi connectivity index (χ0) is 22.2. The van der Waals surface area contributed by atoms with E-state index in [9.17, 15) is 14.0 Å². The lowest BCUT2D eigenvalue weighted by molar-refractivity contribution is -0.122. The molecular formula is C24H17FN4O2S. The van der Waals surface area contributed by atoms with E-state index in [1.54, 1.807) is 29.1 Å². The van der Waals surface area contributed by atoms with Crippen LogP contribution in [0.1, 0.15) is 17.5 Å². The van der Waals surface area contributed by atoms with Crippen LogP contribution in [-0.4, -0.2) is 33.1 Å². The lowest BCUT2D eigenvalue weighted by Crippen LogP contribution is -2.22. The van der Waals surface area contributed by atoms with Gasteiger partial charge in [-0.1, -0.05) is 30.3 Å². The van der Waals surface area contributed by atoms with Crippen LogP contribution >= 0.6 is 12.2 Å². The summed E-state index contributed by atoms with van der Waals surface area (Å²) in [6, 6.07) is 12.3. The largest absolute Gasteiger partial charge is 0.361 e. The van der Waals surface area contributed by atoms with Crippen LogP contribution in [0.4, 0.5) is 4.39 Å². The Balaban J connectivity index is 1.74. The molecule has 0 fully saturated rings. The highest BCUT2D eigenvalue weighted by Crippen LogP contribution is 2.38. The maximum atomic E-state index is 14.8. The summed E-state index contributed by atoms with van der Waals surface area (Å²) in [4.78, 5) is 32.8. The Labute approximate surface area is 187 Å². The number of thiocarbonyl (C=S) groups is 1. The molecule has 32 heavy (non-hydrogen) atoms. The number of hydrogen-bond acceptors (Lipinski definition) is 4. The number of nitrogens with zero attached hydrogens (tertiary/aromatic N) is 2. The summed E-state index contributed by atoms with van der Waals surface area (Å²) in [5.74, 6) is -1.36. The summed E-state index contributed by atoms with van der Waals surface area (Å²) in [5, 5.41) is 6.14. The predicted molar refractivity (Wildman–Crippen MR) is 125 cm³/mol. The molecule has 6 nitrogen and oxygen atoms in total. The predicted octanol–water partition coefficient (Wildman–Crippen LogP) is 4.32. The number of hydrogen-bond donors (Lipinski definition) is 2. The summed E-state index contributed by atoms with van der Waals surface area (Å²) in [6.07, 6.45) is 4.08. The molecule has 158 valence electrons. The van der Waals surface area contributed by atoms with E-state index in [1.165, 1.54) is 6.07 Å². The van der Waals surface area contributed by atoms with Crippen molar-refractivity contribution >= 4 is 62.1 Å². The van der Waals surface area contributed by atoms with E-state index in [4.69, 9.17) is 0 Å². The SMILES string of the molecule is O=C1NC(=O)C(c2cn(CCCN=C=S)c3c(F)cccc23)=C1c1c[nH]c2ccccc12. The topological polar surface area (TPSA) is 79.2 Å². The number of carbonyl (C=O) groups is 2. The fourth-order valence-corrected chi connectivity index (χ4v) is 4.39. The Morgan fingerprint density at radius 1 is 1.00 bits per heavy atom. The number of carbonyl (C=O) groups excluding carboxylic acids is 2. The summed E-state index contributed by atoms with van der Waals surface area (Å²) in [5.41, 5.74) is 2.90. The molecule has 1 aliphatic heterocycles. The molecule has 0 saturated heterocycles. The van der Waals surface area contributed by atoms with Crippen molar-refractivity contribution in [2.45, 2.75) is 13.0 Å². The Kier molecular flexibility index (Phi) is 5.01. The molecule has 0 aliphatic carbocycles. The molecule has 2 amide bonds. The minimum Gasteiger partial charge on any atom is -0.361 e. The van der Waals surface area contributed by atoms with Gasteiger partial charge in [-0.3, -0.25) is 14.9 Å². The number of fused-ring (bicyclic) bond motifs is 2. The van der Waals surface area contributed by atoms with Gasteiger partial charge in [0.15, 0.2) is 0 Å². The van der Waals surface area contributed by atoms with Crippen molar-refractivity contribution in [1.29, 1.82) is 0 Å². The second kappa shape index (κ2) is 8.00. The minimum atomic E-state index is -0.496.